The zero-order chi connectivity index (χ0) is 15.6. The van der Waals surface area contributed by atoms with E-state index in [1.54, 1.807) is 0 Å². The van der Waals surface area contributed by atoms with Gasteiger partial charge in [0.1, 0.15) is 30.2 Å². The molecule has 1 aromatic carbocycles. The van der Waals surface area contributed by atoms with Gasteiger partial charge in [-0.05, 0) is 12.1 Å². The molecule has 1 heterocycles. The smallest absolute Gasteiger partial charge is 0.269 e. The summed E-state index contributed by atoms with van der Waals surface area (Å²) in [6.07, 6.45) is -6.94. The Morgan fingerprint density at radius 1 is 1.14 bits per heavy atom. The second kappa shape index (κ2) is 6.33. The molecule has 0 radical (unpaired) electrons. The van der Waals surface area contributed by atoms with E-state index >= 15 is 0 Å². The van der Waals surface area contributed by atoms with Crippen molar-refractivity contribution in [2.75, 3.05) is 6.61 Å². The zero-order valence-electron chi connectivity index (χ0n) is 10.8. The third kappa shape index (κ3) is 3.28. The number of aliphatic hydroxyl groups excluding tert-OH is 4. The molecule has 1 aromatic rings. The average Bonchev–Trinajstić information content (AvgIpc) is 2.48. The summed E-state index contributed by atoms with van der Waals surface area (Å²) >= 11 is 0. The number of hydrogen-bond donors (Lipinski definition) is 4. The summed E-state index contributed by atoms with van der Waals surface area (Å²) in [5, 5.41) is 48.6. The van der Waals surface area contributed by atoms with E-state index in [1.807, 2.05) is 0 Å². The van der Waals surface area contributed by atoms with Crippen LogP contribution in [0.15, 0.2) is 24.3 Å². The molecule has 116 valence electrons. The summed E-state index contributed by atoms with van der Waals surface area (Å²) in [7, 11) is 0. The molecule has 0 aliphatic carbocycles. The van der Waals surface area contributed by atoms with E-state index in [0.29, 0.717) is 0 Å². The van der Waals surface area contributed by atoms with Crippen molar-refractivity contribution in [3.63, 3.8) is 0 Å². The van der Waals surface area contributed by atoms with Crippen molar-refractivity contribution in [3.8, 4) is 5.75 Å². The van der Waals surface area contributed by atoms with Gasteiger partial charge in [0.25, 0.3) is 5.69 Å². The van der Waals surface area contributed by atoms with Gasteiger partial charge in [-0.25, -0.2) is 0 Å². The quantitative estimate of drug-likeness (QED) is 0.400. The van der Waals surface area contributed by atoms with Gasteiger partial charge in [-0.15, -0.1) is 0 Å². The van der Waals surface area contributed by atoms with Crippen molar-refractivity contribution in [2.45, 2.75) is 30.7 Å². The van der Waals surface area contributed by atoms with Crippen molar-refractivity contribution >= 4 is 5.69 Å². The number of nitro groups is 1. The van der Waals surface area contributed by atoms with Crippen LogP contribution in [0.4, 0.5) is 5.69 Å². The lowest BCUT2D eigenvalue weighted by Gasteiger charge is -2.39. The number of hydrogen-bond acceptors (Lipinski definition) is 8. The highest BCUT2D eigenvalue weighted by atomic mass is 16.7. The van der Waals surface area contributed by atoms with E-state index in [4.69, 9.17) is 14.6 Å². The van der Waals surface area contributed by atoms with E-state index in [1.165, 1.54) is 24.3 Å². The minimum absolute atomic E-state index is 0.129. The molecule has 1 saturated heterocycles. The fraction of sp³-hybridized carbons (Fsp3) is 0.500. The topological polar surface area (TPSA) is 143 Å². The standard InChI is InChI=1S/C12H15NO8/c14-5-8-9(15)10(16)11(17)12(21-8)20-7-3-1-6(2-4-7)13(18)19/h1-4,8-12,14-17H,5H2/t8-,9-,10-,11-,12+/m1/s1. The summed E-state index contributed by atoms with van der Waals surface area (Å²) in [5.41, 5.74) is -0.129. The van der Waals surface area contributed by atoms with Gasteiger partial charge in [0.05, 0.1) is 11.5 Å². The Kier molecular flexibility index (Phi) is 4.70. The van der Waals surface area contributed by atoms with Crippen molar-refractivity contribution < 1.29 is 34.8 Å². The number of aliphatic hydroxyl groups is 4. The number of non-ortho nitro benzene ring substituents is 1. The monoisotopic (exact) mass is 301 g/mol. The molecule has 5 atom stereocenters. The molecule has 9 heteroatoms. The SMILES string of the molecule is O=[N+]([O-])c1ccc(O[C@H]2O[C@H](CO)[C@@H](O)[C@@H](O)[C@H]2O)cc1. The summed E-state index contributed by atoms with van der Waals surface area (Å²) in [4.78, 5) is 9.95. The van der Waals surface area contributed by atoms with Crippen LogP contribution < -0.4 is 4.74 Å². The van der Waals surface area contributed by atoms with Crippen LogP contribution in [0.3, 0.4) is 0 Å². The minimum Gasteiger partial charge on any atom is -0.462 e. The average molecular weight is 301 g/mol. The fourth-order valence-electron chi connectivity index (χ4n) is 1.95. The Labute approximate surface area is 119 Å². The van der Waals surface area contributed by atoms with Crippen LogP contribution in [0.25, 0.3) is 0 Å². The van der Waals surface area contributed by atoms with Crippen LogP contribution in [0.2, 0.25) is 0 Å². The van der Waals surface area contributed by atoms with Gasteiger partial charge >= 0.3 is 0 Å². The predicted molar refractivity (Wildman–Crippen MR) is 67.5 cm³/mol. The molecule has 1 fully saturated rings. The lowest BCUT2D eigenvalue weighted by Crippen LogP contribution is -2.60. The maximum Gasteiger partial charge on any atom is 0.269 e. The Morgan fingerprint density at radius 2 is 1.76 bits per heavy atom. The third-order valence-corrected chi connectivity index (χ3v) is 3.15. The molecule has 2 rings (SSSR count). The van der Waals surface area contributed by atoms with Crippen LogP contribution >= 0.6 is 0 Å². The van der Waals surface area contributed by atoms with E-state index in [-0.39, 0.29) is 11.4 Å². The second-order valence-electron chi connectivity index (χ2n) is 4.57. The first kappa shape index (κ1) is 15.6. The van der Waals surface area contributed by atoms with Crippen LogP contribution in [0, 0.1) is 10.1 Å². The van der Waals surface area contributed by atoms with Crippen LogP contribution in [-0.2, 0) is 4.74 Å². The zero-order valence-corrected chi connectivity index (χ0v) is 10.8. The molecule has 0 bridgehead atoms. The van der Waals surface area contributed by atoms with Gasteiger partial charge < -0.3 is 29.9 Å². The van der Waals surface area contributed by atoms with E-state index < -0.39 is 42.2 Å². The van der Waals surface area contributed by atoms with Gasteiger partial charge in [0.15, 0.2) is 0 Å². The van der Waals surface area contributed by atoms with Gasteiger partial charge in [-0.2, -0.15) is 0 Å². The molecule has 1 aliphatic rings. The molecule has 0 amide bonds. The Hall–Kier alpha value is -1.78. The fourth-order valence-corrected chi connectivity index (χ4v) is 1.95. The van der Waals surface area contributed by atoms with Crippen molar-refractivity contribution in [1.82, 2.24) is 0 Å². The van der Waals surface area contributed by atoms with Crippen LogP contribution in [0.5, 0.6) is 5.75 Å². The summed E-state index contributed by atoms with van der Waals surface area (Å²) < 4.78 is 10.4. The second-order valence-corrected chi connectivity index (χ2v) is 4.57. The van der Waals surface area contributed by atoms with Crippen molar-refractivity contribution in [3.05, 3.63) is 34.4 Å². The van der Waals surface area contributed by atoms with E-state index in [2.05, 4.69) is 0 Å². The number of ether oxygens (including phenoxy) is 2. The summed E-state index contributed by atoms with van der Waals surface area (Å²) in [6.45, 7) is -0.564. The first-order valence-electron chi connectivity index (χ1n) is 6.15. The lowest BCUT2D eigenvalue weighted by atomic mass is 9.99. The van der Waals surface area contributed by atoms with E-state index in [9.17, 15) is 25.4 Å². The number of rotatable bonds is 4. The number of benzene rings is 1. The molecule has 0 saturated carbocycles. The van der Waals surface area contributed by atoms with Crippen molar-refractivity contribution in [1.29, 1.82) is 0 Å². The molecular formula is C12H15NO8. The lowest BCUT2D eigenvalue weighted by molar-refractivity contribution is -0.384. The van der Waals surface area contributed by atoms with Gasteiger partial charge in [-0.1, -0.05) is 0 Å². The largest absolute Gasteiger partial charge is 0.462 e. The highest BCUT2D eigenvalue weighted by molar-refractivity contribution is 5.36. The molecule has 9 nitrogen and oxygen atoms in total. The van der Waals surface area contributed by atoms with Crippen molar-refractivity contribution in [2.24, 2.45) is 0 Å². The van der Waals surface area contributed by atoms with Gasteiger partial charge in [-0.3, -0.25) is 10.1 Å². The first-order chi connectivity index (χ1) is 9.93. The maximum atomic E-state index is 10.5. The van der Waals surface area contributed by atoms with E-state index in [0.717, 1.165) is 0 Å². The van der Waals surface area contributed by atoms with Gasteiger partial charge in [0, 0.05) is 12.1 Å². The Bertz CT molecular complexity index is 491. The molecule has 1 aliphatic heterocycles. The molecular weight excluding hydrogens is 286 g/mol. The molecule has 4 N–H and O–H groups in total. The summed E-state index contributed by atoms with van der Waals surface area (Å²) in [6, 6.07) is 5.03. The molecule has 0 unspecified atom stereocenters. The third-order valence-electron chi connectivity index (χ3n) is 3.15. The van der Waals surface area contributed by atoms with Crippen LogP contribution in [-0.4, -0.2) is 62.7 Å². The molecule has 0 spiro atoms. The summed E-state index contributed by atoms with van der Waals surface area (Å²) in [5.74, 6) is 0.171. The normalized spacial score (nSPS) is 32.7. The van der Waals surface area contributed by atoms with Crippen LogP contribution in [0.1, 0.15) is 0 Å². The molecule has 0 aromatic heterocycles. The van der Waals surface area contributed by atoms with Gasteiger partial charge in [0.2, 0.25) is 6.29 Å². The highest BCUT2D eigenvalue weighted by Gasteiger charge is 2.44. The first-order valence-corrected chi connectivity index (χ1v) is 6.15. The highest BCUT2D eigenvalue weighted by Crippen LogP contribution is 2.25. The number of nitro benzene ring substituents is 1. The Morgan fingerprint density at radius 3 is 2.29 bits per heavy atom. The maximum absolute atomic E-state index is 10.5. The predicted octanol–water partition coefficient (Wildman–Crippen LogP) is -1.23. The Balaban J connectivity index is 2.08. The number of nitrogens with zero attached hydrogens (tertiary/aromatic N) is 1. The molecule has 21 heavy (non-hydrogen) atoms. The minimum atomic E-state index is -1.54.